The van der Waals surface area contributed by atoms with Gasteiger partial charge < -0.3 is 10.2 Å². The molecule has 1 aromatic heterocycles. The van der Waals surface area contributed by atoms with Crippen molar-refractivity contribution in [3.05, 3.63) is 11.1 Å². The van der Waals surface area contributed by atoms with Crippen molar-refractivity contribution in [3.63, 3.8) is 0 Å². The molecule has 0 fully saturated rings. The first-order valence-corrected chi connectivity index (χ1v) is 8.73. The van der Waals surface area contributed by atoms with Crippen molar-refractivity contribution in [2.24, 2.45) is 0 Å². The molecule has 0 radical (unpaired) electrons. The fraction of sp³-hybridized carbons (Fsp3) is 0.636. The maximum Gasteiger partial charge on any atom is 0.241 e. The molecule has 114 valence electrons. The minimum atomic E-state index is -3.41. The fourth-order valence-corrected chi connectivity index (χ4v) is 2.87. The second-order valence-corrected chi connectivity index (χ2v) is 7.58. The number of aromatic nitrogens is 1. The van der Waals surface area contributed by atoms with E-state index in [0.717, 1.165) is 16.3 Å². The van der Waals surface area contributed by atoms with E-state index in [9.17, 15) is 13.2 Å². The molecule has 1 rings (SSSR count). The van der Waals surface area contributed by atoms with Gasteiger partial charge in [-0.2, -0.15) is 4.31 Å². The van der Waals surface area contributed by atoms with Crippen LogP contribution in [0.3, 0.4) is 0 Å². The number of thiazole rings is 1. The first-order chi connectivity index (χ1) is 9.18. The van der Waals surface area contributed by atoms with Crippen molar-refractivity contribution in [2.75, 3.05) is 45.3 Å². The summed E-state index contributed by atoms with van der Waals surface area (Å²) in [6, 6.07) is 0. The lowest BCUT2D eigenvalue weighted by Crippen LogP contribution is -2.41. The van der Waals surface area contributed by atoms with Crippen molar-refractivity contribution in [2.45, 2.75) is 6.92 Å². The van der Waals surface area contributed by atoms with E-state index in [1.807, 2.05) is 31.3 Å². The Labute approximate surface area is 123 Å². The lowest BCUT2D eigenvalue weighted by molar-refractivity contribution is -0.116. The highest BCUT2D eigenvalue weighted by atomic mass is 32.2. The Morgan fingerprint density at radius 2 is 2.05 bits per heavy atom. The highest BCUT2D eigenvalue weighted by Gasteiger charge is 2.20. The summed E-state index contributed by atoms with van der Waals surface area (Å²) in [7, 11) is 0.278. The molecule has 1 heterocycles. The number of hydrogen-bond donors (Lipinski definition) is 1. The SMILES string of the molecule is Cc1csc(NC(=O)CN(CCN(C)C)S(C)(=O)=O)n1. The number of nitrogens with one attached hydrogen (secondary N) is 1. The van der Waals surface area contributed by atoms with Crippen LogP contribution in [-0.2, 0) is 14.8 Å². The monoisotopic (exact) mass is 320 g/mol. The van der Waals surface area contributed by atoms with Gasteiger partial charge in [-0.15, -0.1) is 11.3 Å². The smallest absolute Gasteiger partial charge is 0.241 e. The summed E-state index contributed by atoms with van der Waals surface area (Å²) in [5.41, 5.74) is 0.817. The van der Waals surface area contributed by atoms with Crippen LogP contribution in [0.5, 0.6) is 0 Å². The lowest BCUT2D eigenvalue weighted by atomic mass is 10.5. The van der Waals surface area contributed by atoms with Gasteiger partial charge in [0.1, 0.15) is 0 Å². The molecule has 9 heteroatoms. The van der Waals surface area contributed by atoms with E-state index in [2.05, 4.69) is 10.3 Å². The van der Waals surface area contributed by atoms with Gasteiger partial charge in [0.15, 0.2) is 5.13 Å². The highest BCUT2D eigenvalue weighted by Crippen LogP contribution is 2.14. The average molecular weight is 320 g/mol. The van der Waals surface area contributed by atoms with Gasteiger partial charge in [0.25, 0.3) is 0 Å². The quantitative estimate of drug-likeness (QED) is 0.777. The first kappa shape index (κ1) is 17.0. The van der Waals surface area contributed by atoms with Gasteiger partial charge in [-0.05, 0) is 21.0 Å². The number of sulfonamides is 1. The average Bonchev–Trinajstić information content (AvgIpc) is 2.68. The van der Waals surface area contributed by atoms with Gasteiger partial charge in [0, 0.05) is 18.5 Å². The number of carbonyl (C=O) groups excluding carboxylic acids is 1. The van der Waals surface area contributed by atoms with Crippen LogP contribution in [0.15, 0.2) is 5.38 Å². The zero-order valence-corrected chi connectivity index (χ0v) is 13.7. The first-order valence-electron chi connectivity index (χ1n) is 6.00. The largest absolute Gasteiger partial charge is 0.308 e. The lowest BCUT2D eigenvalue weighted by Gasteiger charge is -2.21. The molecule has 1 amide bonds. The Morgan fingerprint density at radius 3 is 2.50 bits per heavy atom. The number of aryl methyl sites for hydroxylation is 1. The van der Waals surface area contributed by atoms with E-state index in [-0.39, 0.29) is 19.0 Å². The molecule has 20 heavy (non-hydrogen) atoms. The molecule has 1 aromatic rings. The third-order valence-corrected chi connectivity index (χ3v) is 4.58. The van der Waals surface area contributed by atoms with Crippen molar-refractivity contribution >= 4 is 32.4 Å². The number of carbonyl (C=O) groups is 1. The van der Waals surface area contributed by atoms with E-state index in [0.29, 0.717) is 11.7 Å². The van der Waals surface area contributed by atoms with Gasteiger partial charge in [-0.25, -0.2) is 13.4 Å². The molecule has 0 bridgehead atoms. The summed E-state index contributed by atoms with van der Waals surface area (Å²) in [6.45, 7) is 2.45. The topological polar surface area (TPSA) is 82.6 Å². The standard InChI is InChI=1S/C11H20N4O3S2/c1-9-8-19-11(12-9)13-10(16)7-15(20(4,17)18)6-5-14(2)3/h8H,5-7H2,1-4H3,(H,12,13,16). The molecule has 0 aliphatic carbocycles. The molecule has 7 nitrogen and oxygen atoms in total. The normalized spacial score (nSPS) is 12.1. The summed E-state index contributed by atoms with van der Waals surface area (Å²) in [5, 5.41) is 4.90. The van der Waals surface area contributed by atoms with E-state index in [1.54, 1.807) is 0 Å². The summed E-state index contributed by atoms with van der Waals surface area (Å²) in [5.74, 6) is -0.386. The number of anilines is 1. The van der Waals surface area contributed by atoms with Crippen LogP contribution in [0, 0.1) is 6.92 Å². The maximum atomic E-state index is 11.9. The van der Waals surface area contributed by atoms with E-state index in [1.165, 1.54) is 11.3 Å². The van der Waals surface area contributed by atoms with Crippen molar-refractivity contribution in [1.29, 1.82) is 0 Å². The van der Waals surface area contributed by atoms with Gasteiger partial charge in [0.05, 0.1) is 18.5 Å². The van der Waals surface area contributed by atoms with E-state index < -0.39 is 10.0 Å². The zero-order valence-electron chi connectivity index (χ0n) is 12.1. The molecule has 0 saturated carbocycles. The van der Waals surface area contributed by atoms with Crippen LogP contribution in [-0.4, -0.2) is 68.5 Å². The Morgan fingerprint density at radius 1 is 1.40 bits per heavy atom. The highest BCUT2D eigenvalue weighted by molar-refractivity contribution is 7.88. The van der Waals surface area contributed by atoms with Crippen LogP contribution >= 0.6 is 11.3 Å². The van der Waals surface area contributed by atoms with Crippen LogP contribution in [0.25, 0.3) is 0 Å². The molecular weight excluding hydrogens is 300 g/mol. The Kier molecular flexibility index (Phi) is 6.06. The fourth-order valence-electron chi connectivity index (χ4n) is 1.40. The maximum absolute atomic E-state index is 11.9. The third kappa shape index (κ3) is 5.95. The number of hydrogen-bond acceptors (Lipinski definition) is 6. The van der Waals surface area contributed by atoms with Crippen LogP contribution in [0.2, 0.25) is 0 Å². The van der Waals surface area contributed by atoms with Crippen molar-refractivity contribution in [3.8, 4) is 0 Å². The van der Waals surface area contributed by atoms with Crippen LogP contribution in [0.1, 0.15) is 5.69 Å². The van der Waals surface area contributed by atoms with Crippen molar-refractivity contribution < 1.29 is 13.2 Å². The number of likely N-dealkylation sites (N-methyl/N-ethyl adjacent to an activating group) is 1. The van der Waals surface area contributed by atoms with E-state index in [4.69, 9.17) is 0 Å². The molecule has 0 saturated heterocycles. The van der Waals surface area contributed by atoms with Gasteiger partial charge in [-0.3, -0.25) is 4.79 Å². The summed E-state index contributed by atoms with van der Waals surface area (Å²) in [6.07, 6.45) is 1.10. The Hall–Kier alpha value is -1.03. The number of amides is 1. The second-order valence-electron chi connectivity index (χ2n) is 4.74. The minimum absolute atomic E-state index is 0.203. The minimum Gasteiger partial charge on any atom is -0.308 e. The molecule has 1 N–H and O–H groups in total. The molecule has 0 aliphatic rings. The zero-order chi connectivity index (χ0) is 15.3. The second kappa shape index (κ2) is 7.11. The summed E-state index contributed by atoms with van der Waals surface area (Å²) in [4.78, 5) is 17.8. The number of nitrogens with zero attached hydrogens (tertiary/aromatic N) is 3. The Balaban J connectivity index is 2.62. The molecule has 0 unspecified atom stereocenters. The molecular formula is C11H20N4O3S2. The summed E-state index contributed by atoms with van der Waals surface area (Å²) >= 11 is 1.31. The molecule has 0 aliphatic heterocycles. The number of rotatable bonds is 7. The third-order valence-electron chi connectivity index (χ3n) is 2.45. The van der Waals surface area contributed by atoms with Gasteiger partial charge in [-0.1, -0.05) is 0 Å². The van der Waals surface area contributed by atoms with Crippen molar-refractivity contribution in [1.82, 2.24) is 14.2 Å². The Bertz CT molecular complexity index is 554. The molecule has 0 atom stereocenters. The molecule has 0 aromatic carbocycles. The summed E-state index contributed by atoms with van der Waals surface area (Å²) < 4.78 is 24.5. The predicted molar refractivity (Wildman–Crippen MR) is 80.5 cm³/mol. The van der Waals surface area contributed by atoms with E-state index >= 15 is 0 Å². The predicted octanol–water partition coefficient (Wildman–Crippen LogP) is 0.213. The van der Waals surface area contributed by atoms with Crippen LogP contribution < -0.4 is 5.32 Å². The molecule has 0 spiro atoms. The van der Waals surface area contributed by atoms with Gasteiger partial charge in [0.2, 0.25) is 15.9 Å². The van der Waals surface area contributed by atoms with Gasteiger partial charge >= 0.3 is 0 Å². The van der Waals surface area contributed by atoms with Crippen LogP contribution in [0.4, 0.5) is 5.13 Å².